The van der Waals surface area contributed by atoms with Crippen molar-refractivity contribution in [1.82, 2.24) is 0 Å². The number of nitrogens with two attached hydrogens (primary N) is 1. The van der Waals surface area contributed by atoms with E-state index in [0.29, 0.717) is 16.5 Å². The van der Waals surface area contributed by atoms with Crippen molar-refractivity contribution in [3.05, 3.63) is 69.2 Å². The Balaban J connectivity index is 2.36. The van der Waals surface area contributed by atoms with Crippen molar-refractivity contribution in [3.63, 3.8) is 0 Å². The Labute approximate surface area is 124 Å². The highest BCUT2D eigenvalue weighted by molar-refractivity contribution is 6.33. The van der Waals surface area contributed by atoms with Gasteiger partial charge < -0.3 is 5.73 Å². The van der Waals surface area contributed by atoms with Gasteiger partial charge in [0.1, 0.15) is 0 Å². The summed E-state index contributed by atoms with van der Waals surface area (Å²) in [5, 5.41) is 1.38. The van der Waals surface area contributed by atoms with Crippen LogP contribution in [0.4, 0.5) is 0 Å². The lowest BCUT2D eigenvalue weighted by atomic mass is 9.84. The van der Waals surface area contributed by atoms with Crippen molar-refractivity contribution >= 4 is 23.2 Å². The standard InChI is InChI=1S/C16H17Cl2N/c1-11-5-3-4-6-14(11)16(2,19)10-12-9-13(17)7-8-15(12)18/h3-9H,10,19H2,1-2H3. The average molecular weight is 294 g/mol. The zero-order valence-electron chi connectivity index (χ0n) is 11.1. The molecule has 0 aromatic heterocycles. The van der Waals surface area contributed by atoms with Crippen LogP contribution in [0.1, 0.15) is 23.6 Å². The Morgan fingerprint density at radius 3 is 2.47 bits per heavy atom. The molecule has 100 valence electrons. The number of rotatable bonds is 3. The first-order valence-electron chi connectivity index (χ1n) is 6.19. The van der Waals surface area contributed by atoms with Crippen LogP contribution in [0.2, 0.25) is 10.0 Å². The third kappa shape index (κ3) is 3.30. The molecular formula is C16H17Cl2N. The van der Waals surface area contributed by atoms with Gasteiger partial charge in [0.2, 0.25) is 0 Å². The van der Waals surface area contributed by atoms with Crippen LogP contribution in [-0.2, 0) is 12.0 Å². The van der Waals surface area contributed by atoms with E-state index < -0.39 is 5.54 Å². The van der Waals surface area contributed by atoms with E-state index in [1.807, 2.05) is 31.2 Å². The maximum absolute atomic E-state index is 6.49. The summed E-state index contributed by atoms with van der Waals surface area (Å²) in [5.41, 5.74) is 9.31. The molecule has 0 aliphatic carbocycles. The van der Waals surface area contributed by atoms with Crippen LogP contribution >= 0.6 is 23.2 Å². The maximum atomic E-state index is 6.49. The lowest BCUT2D eigenvalue weighted by molar-refractivity contribution is 0.488. The first-order valence-corrected chi connectivity index (χ1v) is 6.95. The largest absolute Gasteiger partial charge is 0.321 e. The van der Waals surface area contributed by atoms with Gasteiger partial charge in [-0.25, -0.2) is 0 Å². The van der Waals surface area contributed by atoms with Gasteiger partial charge in [-0.15, -0.1) is 0 Å². The minimum Gasteiger partial charge on any atom is -0.321 e. The highest BCUT2D eigenvalue weighted by Gasteiger charge is 2.24. The van der Waals surface area contributed by atoms with E-state index >= 15 is 0 Å². The Bertz CT molecular complexity index is 591. The van der Waals surface area contributed by atoms with E-state index in [1.165, 1.54) is 5.56 Å². The molecule has 0 saturated heterocycles. The fourth-order valence-corrected chi connectivity index (χ4v) is 2.76. The first-order chi connectivity index (χ1) is 8.90. The third-order valence-corrected chi connectivity index (χ3v) is 3.93. The van der Waals surface area contributed by atoms with Crippen LogP contribution in [0.3, 0.4) is 0 Å². The van der Waals surface area contributed by atoms with Crippen LogP contribution in [0.5, 0.6) is 0 Å². The molecule has 0 amide bonds. The second-order valence-corrected chi connectivity index (χ2v) is 5.99. The van der Waals surface area contributed by atoms with Gasteiger partial charge in [-0.3, -0.25) is 0 Å². The molecule has 1 unspecified atom stereocenters. The van der Waals surface area contributed by atoms with Gasteiger partial charge in [0, 0.05) is 15.6 Å². The van der Waals surface area contributed by atoms with Gasteiger partial charge in [0.15, 0.2) is 0 Å². The van der Waals surface area contributed by atoms with Gasteiger partial charge in [0.25, 0.3) is 0 Å². The molecule has 0 aliphatic heterocycles. The molecule has 0 radical (unpaired) electrons. The van der Waals surface area contributed by atoms with E-state index in [9.17, 15) is 0 Å². The molecule has 0 fully saturated rings. The Kier molecular flexibility index (Phi) is 4.19. The quantitative estimate of drug-likeness (QED) is 0.871. The summed E-state index contributed by atoms with van der Waals surface area (Å²) in [7, 11) is 0. The van der Waals surface area contributed by atoms with Crippen LogP contribution in [-0.4, -0.2) is 0 Å². The molecule has 0 bridgehead atoms. The van der Waals surface area contributed by atoms with Crippen molar-refractivity contribution in [1.29, 1.82) is 0 Å². The van der Waals surface area contributed by atoms with Gasteiger partial charge in [-0.2, -0.15) is 0 Å². The van der Waals surface area contributed by atoms with E-state index in [4.69, 9.17) is 28.9 Å². The van der Waals surface area contributed by atoms with Crippen molar-refractivity contribution < 1.29 is 0 Å². The highest BCUT2D eigenvalue weighted by atomic mass is 35.5. The topological polar surface area (TPSA) is 26.0 Å². The average Bonchev–Trinajstić information content (AvgIpc) is 2.34. The molecule has 2 aromatic carbocycles. The predicted octanol–water partition coefficient (Wildman–Crippen LogP) is 4.72. The normalized spacial score (nSPS) is 14.2. The van der Waals surface area contributed by atoms with Gasteiger partial charge in [0.05, 0.1) is 0 Å². The molecule has 2 aromatic rings. The summed E-state index contributed by atoms with van der Waals surface area (Å²) >= 11 is 12.2. The third-order valence-electron chi connectivity index (χ3n) is 3.33. The van der Waals surface area contributed by atoms with Gasteiger partial charge >= 0.3 is 0 Å². The Morgan fingerprint density at radius 2 is 1.79 bits per heavy atom. The Hall–Kier alpha value is -1.02. The SMILES string of the molecule is Cc1ccccc1C(C)(N)Cc1cc(Cl)ccc1Cl. The minimum absolute atomic E-state index is 0.473. The van der Waals surface area contributed by atoms with Crippen LogP contribution < -0.4 is 5.73 Å². The fraction of sp³-hybridized carbons (Fsp3) is 0.250. The molecule has 0 spiro atoms. The van der Waals surface area contributed by atoms with Crippen molar-refractivity contribution in [3.8, 4) is 0 Å². The van der Waals surface area contributed by atoms with Crippen molar-refractivity contribution in [2.24, 2.45) is 5.73 Å². The highest BCUT2D eigenvalue weighted by Crippen LogP contribution is 2.30. The first kappa shape index (κ1) is 14.4. The summed E-state index contributed by atoms with van der Waals surface area (Å²) in [5.74, 6) is 0. The van der Waals surface area contributed by atoms with Gasteiger partial charge in [-0.1, -0.05) is 47.5 Å². The number of hydrogen-bond acceptors (Lipinski definition) is 1. The number of halogens is 2. The van der Waals surface area contributed by atoms with Crippen molar-refractivity contribution in [2.75, 3.05) is 0 Å². The number of hydrogen-bond donors (Lipinski definition) is 1. The second kappa shape index (κ2) is 5.54. The number of benzene rings is 2. The summed E-state index contributed by atoms with van der Waals surface area (Å²) in [4.78, 5) is 0. The fourth-order valence-electron chi connectivity index (χ4n) is 2.38. The smallest absolute Gasteiger partial charge is 0.0439 e. The van der Waals surface area contributed by atoms with E-state index in [-0.39, 0.29) is 0 Å². The monoisotopic (exact) mass is 293 g/mol. The molecule has 19 heavy (non-hydrogen) atoms. The van der Waals surface area contributed by atoms with Crippen molar-refractivity contribution in [2.45, 2.75) is 25.8 Å². The molecule has 0 aliphatic rings. The van der Waals surface area contributed by atoms with Crippen LogP contribution in [0.25, 0.3) is 0 Å². The molecule has 1 atom stereocenters. The van der Waals surface area contributed by atoms with E-state index in [1.54, 1.807) is 6.07 Å². The molecule has 2 N–H and O–H groups in total. The second-order valence-electron chi connectivity index (χ2n) is 5.14. The molecule has 3 heteroatoms. The molecule has 1 nitrogen and oxygen atoms in total. The molecule has 0 heterocycles. The zero-order chi connectivity index (χ0) is 14.0. The Morgan fingerprint density at radius 1 is 1.11 bits per heavy atom. The van der Waals surface area contributed by atoms with Crippen LogP contribution in [0.15, 0.2) is 42.5 Å². The summed E-state index contributed by atoms with van der Waals surface area (Å²) in [6, 6.07) is 13.6. The summed E-state index contributed by atoms with van der Waals surface area (Å²) < 4.78 is 0. The predicted molar refractivity (Wildman–Crippen MR) is 82.9 cm³/mol. The van der Waals surface area contributed by atoms with E-state index in [0.717, 1.165) is 11.1 Å². The summed E-state index contributed by atoms with van der Waals surface area (Å²) in [6.07, 6.45) is 0.650. The zero-order valence-corrected chi connectivity index (χ0v) is 12.6. The van der Waals surface area contributed by atoms with E-state index in [2.05, 4.69) is 19.1 Å². The maximum Gasteiger partial charge on any atom is 0.0439 e. The van der Waals surface area contributed by atoms with Crippen LogP contribution in [0, 0.1) is 6.92 Å². The molecule has 0 saturated carbocycles. The summed E-state index contributed by atoms with van der Waals surface area (Å²) in [6.45, 7) is 4.09. The number of aryl methyl sites for hydroxylation is 1. The lowest BCUT2D eigenvalue weighted by Gasteiger charge is -2.27. The molecular weight excluding hydrogens is 277 g/mol. The van der Waals surface area contributed by atoms with Gasteiger partial charge in [-0.05, 0) is 55.2 Å². The minimum atomic E-state index is -0.473. The lowest BCUT2D eigenvalue weighted by Crippen LogP contribution is -2.36. The molecule has 2 rings (SSSR count).